The number of nitrogens with one attached hydrogen (secondary N) is 1. The lowest BCUT2D eigenvalue weighted by atomic mass is 10.00. The highest BCUT2D eigenvalue weighted by molar-refractivity contribution is 5.97. The van der Waals surface area contributed by atoms with Crippen molar-refractivity contribution < 1.29 is 9.90 Å². The van der Waals surface area contributed by atoms with Gasteiger partial charge in [-0.2, -0.15) is 0 Å². The Hall–Kier alpha value is -1.59. The minimum Gasteiger partial charge on any atom is -0.397 e. The van der Waals surface area contributed by atoms with E-state index in [1.807, 2.05) is 25.1 Å². The van der Waals surface area contributed by atoms with Crippen LogP contribution in [0.5, 0.6) is 0 Å². The Bertz CT molecular complexity index is 534. The highest BCUT2D eigenvalue weighted by Crippen LogP contribution is 2.38. The molecule has 5 nitrogen and oxygen atoms in total. The number of amides is 1. The number of hydrogen-bond acceptors (Lipinski definition) is 4. The van der Waals surface area contributed by atoms with Crippen LogP contribution in [0.25, 0.3) is 0 Å². The van der Waals surface area contributed by atoms with Crippen LogP contribution in [0, 0.1) is 11.8 Å². The Morgan fingerprint density at radius 2 is 2.14 bits per heavy atom. The van der Waals surface area contributed by atoms with Gasteiger partial charge < -0.3 is 16.2 Å². The summed E-state index contributed by atoms with van der Waals surface area (Å²) in [5.41, 5.74) is 7.09. The molecule has 1 aromatic rings. The van der Waals surface area contributed by atoms with E-state index in [2.05, 4.69) is 10.2 Å². The van der Waals surface area contributed by atoms with E-state index < -0.39 is 0 Å². The maximum Gasteiger partial charge on any atom is 0.241 e. The van der Waals surface area contributed by atoms with Crippen LogP contribution in [0.1, 0.15) is 19.8 Å². The molecule has 3 rings (SSSR count). The minimum absolute atomic E-state index is 0.0395. The van der Waals surface area contributed by atoms with Gasteiger partial charge >= 0.3 is 0 Å². The number of carbonyl (C=O) groups excluding carboxylic acids is 1. The molecule has 1 amide bonds. The quantitative estimate of drug-likeness (QED) is 0.733. The molecule has 0 radical (unpaired) electrons. The lowest BCUT2D eigenvalue weighted by Crippen LogP contribution is -2.41. The fourth-order valence-electron chi connectivity index (χ4n) is 3.60. The Balaban J connectivity index is 1.62. The first-order valence-corrected chi connectivity index (χ1v) is 7.63. The molecule has 0 bridgehead atoms. The molecule has 5 heteroatoms. The van der Waals surface area contributed by atoms with Gasteiger partial charge in [-0.25, -0.2) is 0 Å². The van der Waals surface area contributed by atoms with Crippen molar-refractivity contribution in [3.05, 3.63) is 24.3 Å². The zero-order valence-electron chi connectivity index (χ0n) is 12.3. The predicted octanol–water partition coefficient (Wildman–Crippen LogP) is 1.30. The topological polar surface area (TPSA) is 78.6 Å². The molecule has 4 atom stereocenters. The molecule has 0 aromatic heterocycles. The molecular weight excluding hydrogens is 266 g/mol. The third-order valence-corrected chi connectivity index (χ3v) is 4.99. The van der Waals surface area contributed by atoms with E-state index >= 15 is 0 Å². The maximum absolute atomic E-state index is 12.4. The second-order valence-corrected chi connectivity index (χ2v) is 6.28. The van der Waals surface area contributed by atoms with Crippen LogP contribution in [0.3, 0.4) is 0 Å². The molecule has 114 valence electrons. The van der Waals surface area contributed by atoms with Crippen LogP contribution >= 0.6 is 0 Å². The molecule has 0 spiro atoms. The molecule has 21 heavy (non-hydrogen) atoms. The predicted molar refractivity (Wildman–Crippen MR) is 82.7 cm³/mol. The molecule has 1 aromatic carbocycles. The summed E-state index contributed by atoms with van der Waals surface area (Å²) < 4.78 is 0. The molecule has 4 unspecified atom stereocenters. The SMILES string of the molecule is CC(C(=O)Nc1ccccc1N)N1CC2CCC(O)C2C1. The van der Waals surface area contributed by atoms with Crippen molar-refractivity contribution in [2.24, 2.45) is 11.8 Å². The number of carbonyl (C=O) groups is 1. The van der Waals surface area contributed by atoms with Crippen LogP contribution in [-0.4, -0.2) is 41.1 Å². The van der Waals surface area contributed by atoms with E-state index in [4.69, 9.17) is 5.73 Å². The second-order valence-electron chi connectivity index (χ2n) is 6.28. The van der Waals surface area contributed by atoms with E-state index in [0.717, 1.165) is 25.9 Å². The molecule has 4 N–H and O–H groups in total. The third kappa shape index (κ3) is 2.76. The standard InChI is InChI=1S/C16H23N3O2/c1-10(16(21)18-14-5-3-2-4-13(14)17)19-8-11-6-7-15(20)12(11)9-19/h2-5,10-12,15,20H,6-9,17H2,1H3,(H,18,21). The van der Waals surface area contributed by atoms with Gasteiger partial charge in [0.05, 0.1) is 23.5 Å². The highest BCUT2D eigenvalue weighted by Gasteiger charge is 2.43. The summed E-state index contributed by atoms with van der Waals surface area (Å²) in [6.07, 6.45) is 1.78. The van der Waals surface area contributed by atoms with Crippen LogP contribution in [0.2, 0.25) is 0 Å². The number of nitrogen functional groups attached to an aromatic ring is 1. The Morgan fingerprint density at radius 3 is 2.86 bits per heavy atom. The van der Waals surface area contributed by atoms with E-state index in [0.29, 0.717) is 23.2 Å². The monoisotopic (exact) mass is 289 g/mol. The third-order valence-electron chi connectivity index (χ3n) is 4.99. The second kappa shape index (κ2) is 5.66. The average Bonchev–Trinajstić information content (AvgIpc) is 3.03. The van der Waals surface area contributed by atoms with Crippen LogP contribution in [0.4, 0.5) is 11.4 Å². The molecule has 1 aliphatic heterocycles. The van der Waals surface area contributed by atoms with E-state index in [1.54, 1.807) is 6.07 Å². The normalized spacial score (nSPS) is 30.1. The number of rotatable bonds is 3. The number of anilines is 2. The van der Waals surface area contributed by atoms with Gasteiger partial charge in [0.15, 0.2) is 0 Å². The zero-order valence-corrected chi connectivity index (χ0v) is 12.3. The number of nitrogens with two attached hydrogens (primary N) is 1. The van der Waals surface area contributed by atoms with Gasteiger partial charge in [0, 0.05) is 19.0 Å². The van der Waals surface area contributed by atoms with Crippen molar-refractivity contribution in [2.75, 3.05) is 24.1 Å². The molecule has 1 saturated carbocycles. The Morgan fingerprint density at radius 1 is 1.38 bits per heavy atom. The van der Waals surface area contributed by atoms with E-state index in [-0.39, 0.29) is 18.1 Å². The van der Waals surface area contributed by atoms with Gasteiger partial charge in [-0.3, -0.25) is 9.69 Å². The fourth-order valence-corrected chi connectivity index (χ4v) is 3.60. The van der Waals surface area contributed by atoms with Crippen molar-refractivity contribution in [1.82, 2.24) is 4.90 Å². The first-order valence-electron chi connectivity index (χ1n) is 7.63. The summed E-state index contributed by atoms with van der Waals surface area (Å²) in [4.78, 5) is 14.6. The number of aliphatic hydroxyl groups is 1. The van der Waals surface area contributed by atoms with Gasteiger partial charge in [0.1, 0.15) is 0 Å². The minimum atomic E-state index is -0.206. The maximum atomic E-state index is 12.4. The van der Waals surface area contributed by atoms with Gasteiger partial charge in [-0.05, 0) is 37.8 Å². The zero-order chi connectivity index (χ0) is 15.0. The molecule has 1 heterocycles. The summed E-state index contributed by atoms with van der Waals surface area (Å²) in [5, 5.41) is 12.9. The first kappa shape index (κ1) is 14.4. The number of likely N-dealkylation sites (tertiary alicyclic amines) is 1. The fraction of sp³-hybridized carbons (Fsp3) is 0.562. The van der Waals surface area contributed by atoms with Crippen LogP contribution < -0.4 is 11.1 Å². The summed E-state index contributed by atoms with van der Waals surface area (Å²) in [7, 11) is 0. The van der Waals surface area contributed by atoms with Crippen LogP contribution in [-0.2, 0) is 4.79 Å². The van der Waals surface area contributed by atoms with Crippen molar-refractivity contribution in [3.63, 3.8) is 0 Å². The molecule has 2 aliphatic rings. The highest BCUT2D eigenvalue weighted by atomic mass is 16.3. The Labute approximate surface area is 125 Å². The lowest BCUT2D eigenvalue weighted by Gasteiger charge is -2.25. The summed E-state index contributed by atoms with van der Waals surface area (Å²) >= 11 is 0. The van der Waals surface area contributed by atoms with E-state index in [1.165, 1.54) is 0 Å². The smallest absolute Gasteiger partial charge is 0.241 e. The molecular formula is C16H23N3O2. The number of benzene rings is 1. The van der Waals surface area contributed by atoms with Crippen molar-refractivity contribution in [2.45, 2.75) is 31.9 Å². The van der Waals surface area contributed by atoms with Crippen LogP contribution in [0.15, 0.2) is 24.3 Å². The van der Waals surface area contributed by atoms with Gasteiger partial charge in [-0.1, -0.05) is 12.1 Å². The summed E-state index contributed by atoms with van der Waals surface area (Å²) in [6.45, 7) is 3.63. The number of para-hydroxylation sites is 2. The lowest BCUT2D eigenvalue weighted by molar-refractivity contribution is -0.120. The summed E-state index contributed by atoms with van der Waals surface area (Å²) in [5.74, 6) is 0.835. The molecule has 1 aliphatic carbocycles. The van der Waals surface area contributed by atoms with Crippen molar-refractivity contribution >= 4 is 17.3 Å². The number of hydrogen-bond donors (Lipinski definition) is 3. The first-order chi connectivity index (χ1) is 10.1. The van der Waals surface area contributed by atoms with Gasteiger partial charge in [0.2, 0.25) is 5.91 Å². The van der Waals surface area contributed by atoms with Gasteiger partial charge in [0.25, 0.3) is 0 Å². The average molecular weight is 289 g/mol. The van der Waals surface area contributed by atoms with Crippen molar-refractivity contribution in [3.8, 4) is 0 Å². The van der Waals surface area contributed by atoms with Gasteiger partial charge in [-0.15, -0.1) is 0 Å². The largest absolute Gasteiger partial charge is 0.397 e. The molecule has 1 saturated heterocycles. The number of aliphatic hydroxyl groups excluding tert-OH is 1. The number of nitrogens with zero attached hydrogens (tertiary/aromatic N) is 1. The van der Waals surface area contributed by atoms with E-state index in [9.17, 15) is 9.90 Å². The molecule has 2 fully saturated rings. The number of fused-ring (bicyclic) bond motifs is 1. The Kier molecular flexibility index (Phi) is 3.87. The summed E-state index contributed by atoms with van der Waals surface area (Å²) in [6, 6.07) is 7.08. The van der Waals surface area contributed by atoms with Crippen molar-refractivity contribution in [1.29, 1.82) is 0 Å².